The Hall–Kier alpha value is -1.60. The van der Waals surface area contributed by atoms with Gasteiger partial charge in [0.2, 0.25) is 0 Å². The smallest absolute Gasteiger partial charge is 0.119 e. The van der Waals surface area contributed by atoms with E-state index in [1.54, 1.807) is 0 Å². The molecule has 0 amide bonds. The highest BCUT2D eigenvalue weighted by molar-refractivity contribution is 7.96. The number of aliphatic hydroxyl groups excluding tert-OH is 2. The topological polar surface area (TPSA) is 58.9 Å². The molecule has 0 saturated heterocycles. The standard InChI is InChI=1S/C26H36O4S2/c27-17-5-1-3-7-19-29-23-13-9-21(10-14-23)25(31)26(32)22-11-15-24(16-12-22)30-20-8-4-2-6-18-28/h9-16,27-28,31-32H,1-8,17-20H2. The predicted molar refractivity (Wildman–Crippen MR) is 140 cm³/mol. The molecule has 0 heterocycles. The van der Waals surface area contributed by atoms with Gasteiger partial charge in [-0.2, -0.15) is 0 Å². The summed E-state index contributed by atoms with van der Waals surface area (Å²) in [6, 6.07) is 15.8. The molecule has 0 aliphatic carbocycles. The molecule has 2 aromatic rings. The van der Waals surface area contributed by atoms with Crippen molar-refractivity contribution in [3.05, 3.63) is 59.7 Å². The van der Waals surface area contributed by atoms with Gasteiger partial charge in [0.15, 0.2) is 0 Å². The van der Waals surface area contributed by atoms with E-state index in [1.165, 1.54) is 0 Å². The van der Waals surface area contributed by atoms with Crippen molar-refractivity contribution in [2.24, 2.45) is 0 Å². The molecule has 2 N–H and O–H groups in total. The maximum absolute atomic E-state index is 8.80. The third kappa shape index (κ3) is 9.90. The van der Waals surface area contributed by atoms with Gasteiger partial charge in [-0.3, -0.25) is 0 Å². The fourth-order valence-corrected chi connectivity index (χ4v) is 3.76. The largest absolute Gasteiger partial charge is 0.494 e. The second-order valence-electron chi connectivity index (χ2n) is 7.72. The zero-order valence-electron chi connectivity index (χ0n) is 18.7. The Morgan fingerprint density at radius 3 is 1.22 bits per heavy atom. The average Bonchev–Trinajstić information content (AvgIpc) is 2.83. The van der Waals surface area contributed by atoms with Crippen LogP contribution in [0.5, 0.6) is 11.5 Å². The third-order valence-electron chi connectivity index (χ3n) is 5.12. The van der Waals surface area contributed by atoms with Crippen molar-refractivity contribution in [3.63, 3.8) is 0 Å². The van der Waals surface area contributed by atoms with Gasteiger partial charge in [0.1, 0.15) is 11.5 Å². The average molecular weight is 477 g/mol. The summed E-state index contributed by atoms with van der Waals surface area (Å²) in [5.74, 6) is 1.69. The van der Waals surface area contributed by atoms with Gasteiger partial charge in [0.25, 0.3) is 0 Å². The van der Waals surface area contributed by atoms with Crippen molar-refractivity contribution in [1.82, 2.24) is 0 Å². The zero-order chi connectivity index (χ0) is 23.0. The Morgan fingerprint density at radius 1 is 0.531 bits per heavy atom. The first-order valence-electron chi connectivity index (χ1n) is 11.5. The van der Waals surface area contributed by atoms with Crippen molar-refractivity contribution in [1.29, 1.82) is 0 Å². The third-order valence-corrected chi connectivity index (χ3v) is 6.26. The Bertz CT molecular complexity index is 721. The van der Waals surface area contributed by atoms with Gasteiger partial charge < -0.3 is 19.7 Å². The van der Waals surface area contributed by atoms with E-state index in [1.807, 2.05) is 48.5 Å². The molecule has 0 aliphatic heterocycles. The molecule has 0 fully saturated rings. The maximum Gasteiger partial charge on any atom is 0.119 e. The molecule has 0 aliphatic rings. The van der Waals surface area contributed by atoms with Crippen LogP contribution in [0.2, 0.25) is 0 Å². The first-order chi connectivity index (χ1) is 15.7. The second-order valence-corrected chi connectivity index (χ2v) is 8.61. The van der Waals surface area contributed by atoms with E-state index in [4.69, 9.17) is 44.9 Å². The Balaban J connectivity index is 1.84. The second kappa shape index (κ2) is 16.1. The summed E-state index contributed by atoms with van der Waals surface area (Å²) in [4.78, 5) is 1.61. The maximum atomic E-state index is 8.80. The predicted octanol–water partition coefficient (Wildman–Crippen LogP) is 6.24. The fraction of sp³-hybridized carbons (Fsp3) is 0.462. The van der Waals surface area contributed by atoms with Gasteiger partial charge in [-0.25, -0.2) is 0 Å². The highest BCUT2D eigenvalue weighted by atomic mass is 32.1. The molecule has 2 aromatic carbocycles. The Morgan fingerprint density at radius 2 is 0.875 bits per heavy atom. The normalized spacial score (nSPS) is 11.9. The quantitative estimate of drug-likeness (QED) is 0.132. The molecule has 0 radical (unpaired) electrons. The number of aliphatic hydroxyl groups is 2. The van der Waals surface area contributed by atoms with Crippen LogP contribution in [0.3, 0.4) is 0 Å². The van der Waals surface area contributed by atoms with Gasteiger partial charge in [-0.1, -0.05) is 37.1 Å². The SMILES string of the molecule is OCCCCCCOc1ccc(C(S)=C(S)c2ccc(OCCCCCCO)cc2)cc1. The van der Waals surface area contributed by atoms with E-state index in [9.17, 15) is 0 Å². The van der Waals surface area contributed by atoms with Crippen LogP contribution in [0.15, 0.2) is 48.5 Å². The van der Waals surface area contributed by atoms with Gasteiger partial charge >= 0.3 is 0 Å². The minimum atomic E-state index is 0.264. The highest BCUT2D eigenvalue weighted by Crippen LogP contribution is 2.33. The molecule has 2 rings (SSSR count). The van der Waals surface area contributed by atoms with Crippen LogP contribution < -0.4 is 9.47 Å². The molecule has 32 heavy (non-hydrogen) atoms. The molecule has 6 heteroatoms. The summed E-state index contributed by atoms with van der Waals surface area (Å²) in [5.41, 5.74) is 1.97. The minimum absolute atomic E-state index is 0.264. The molecule has 0 unspecified atom stereocenters. The van der Waals surface area contributed by atoms with E-state index in [2.05, 4.69) is 0 Å². The summed E-state index contributed by atoms with van der Waals surface area (Å²) >= 11 is 9.39. The van der Waals surface area contributed by atoms with Crippen LogP contribution in [-0.4, -0.2) is 36.6 Å². The fourth-order valence-electron chi connectivity index (χ4n) is 3.21. The van der Waals surface area contributed by atoms with Crippen LogP contribution in [0.1, 0.15) is 62.5 Å². The summed E-state index contributed by atoms with van der Waals surface area (Å²) in [6.45, 7) is 1.89. The lowest BCUT2D eigenvalue weighted by Gasteiger charge is -2.11. The summed E-state index contributed by atoms with van der Waals surface area (Å²) in [7, 11) is 0. The highest BCUT2D eigenvalue weighted by Gasteiger charge is 2.07. The minimum Gasteiger partial charge on any atom is -0.494 e. The zero-order valence-corrected chi connectivity index (χ0v) is 20.5. The van der Waals surface area contributed by atoms with E-state index >= 15 is 0 Å². The van der Waals surface area contributed by atoms with E-state index < -0.39 is 0 Å². The van der Waals surface area contributed by atoms with E-state index in [0.717, 1.165) is 83.8 Å². The number of unbranched alkanes of at least 4 members (excludes halogenated alkanes) is 6. The van der Waals surface area contributed by atoms with Gasteiger partial charge in [0, 0.05) is 23.0 Å². The molecule has 0 aromatic heterocycles. The molecule has 0 atom stereocenters. The molecule has 0 bridgehead atoms. The first kappa shape index (κ1) is 26.7. The number of hydrogen-bond acceptors (Lipinski definition) is 6. The molecular weight excluding hydrogens is 440 g/mol. The van der Waals surface area contributed by atoms with Crippen molar-refractivity contribution in [3.8, 4) is 11.5 Å². The van der Waals surface area contributed by atoms with E-state index in [-0.39, 0.29) is 13.2 Å². The molecular formula is C26H36O4S2. The van der Waals surface area contributed by atoms with Crippen molar-refractivity contribution in [2.45, 2.75) is 51.4 Å². The molecule has 176 valence electrons. The van der Waals surface area contributed by atoms with Crippen LogP contribution in [-0.2, 0) is 0 Å². The van der Waals surface area contributed by atoms with Crippen LogP contribution >= 0.6 is 25.3 Å². The number of hydrogen-bond donors (Lipinski definition) is 4. The first-order valence-corrected chi connectivity index (χ1v) is 12.4. The van der Waals surface area contributed by atoms with Crippen LogP contribution in [0.4, 0.5) is 0 Å². The van der Waals surface area contributed by atoms with Crippen LogP contribution in [0.25, 0.3) is 9.81 Å². The Labute approximate surface area is 203 Å². The molecule has 0 spiro atoms. The number of ether oxygens (including phenoxy) is 2. The van der Waals surface area contributed by atoms with Crippen molar-refractivity contribution >= 4 is 35.1 Å². The lowest BCUT2D eigenvalue weighted by atomic mass is 10.1. The number of rotatable bonds is 16. The molecule has 4 nitrogen and oxygen atoms in total. The summed E-state index contributed by atoms with van der Waals surface area (Å²) < 4.78 is 11.6. The van der Waals surface area contributed by atoms with Gasteiger partial charge in [0.05, 0.1) is 13.2 Å². The molecule has 0 saturated carbocycles. The Kier molecular flexibility index (Phi) is 13.4. The lowest BCUT2D eigenvalue weighted by Crippen LogP contribution is -1.98. The summed E-state index contributed by atoms with van der Waals surface area (Å²) in [5, 5.41) is 17.6. The lowest BCUT2D eigenvalue weighted by molar-refractivity contribution is 0.273. The van der Waals surface area contributed by atoms with Crippen molar-refractivity contribution < 1.29 is 19.7 Å². The summed E-state index contributed by atoms with van der Waals surface area (Å²) in [6.07, 6.45) is 7.91. The number of thiol groups is 2. The van der Waals surface area contributed by atoms with Crippen LogP contribution in [0, 0.1) is 0 Å². The van der Waals surface area contributed by atoms with Gasteiger partial charge in [-0.05, 0) is 73.9 Å². The monoisotopic (exact) mass is 476 g/mol. The van der Waals surface area contributed by atoms with Crippen molar-refractivity contribution in [2.75, 3.05) is 26.4 Å². The number of benzene rings is 2. The van der Waals surface area contributed by atoms with Gasteiger partial charge in [-0.15, -0.1) is 25.3 Å². The van der Waals surface area contributed by atoms with E-state index in [0.29, 0.717) is 13.2 Å².